The highest BCUT2D eigenvalue weighted by Gasteiger charge is 2.33. The van der Waals surface area contributed by atoms with Crippen molar-refractivity contribution < 1.29 is 18.7 Å². The lowest BCUT2D eigenvalue weighted by atomic mass is 10.1. The fraction of sp³-hybridized carbons (Fsp3) is 0.263. The number of carbonyl (C=O) groups is 2. The number of fused-ring (bicyclic) bond motifs is 1. The third-order valence-corrected chi connectivity index (χ3v) is 4.00. The predicted molar refractivity (Wildman–Crippen MR) is 93.3 cm³/mol. The summed E-state index contributed by atoms with van der Waals surface area (Å²) in [5, 5.41) is 0. The van der Waals surface area contributed by atoms with Gasteiger partial charge in [-0.25, -0.2) is 4.39 Å². The number of amides is 2. The van der Waals surface area contributed by atoms with Gasteiger partial charge in [0, 0.05) is 6.04 Å². The normalized spacial score (nSPS) is 13.8. The molecule has 0 radical (unpaired) electrons. The Morgan fingerprint density at radius 2 is 1.76 bits per heavy atom. The van der Waals surface area contributed by atoms with E-state index in [4.69, 9.17) is 4.74 Å². The molecule has 0 saturated carbocycles. The van der Waals surface area contributed by atoms with Crippen LogP contribution < -0.4 is 14.5 Å². The second-order valence-corrected chi connectivity index (χ2v) is 6.05. The molecule has 5 nitrogen and oxygen atoms in total. The summed E-state index contributed by atoms with van der Waals surface area (Å²) in [7, 11) is 0. The molecule has 0 atom stereocenters. The summed E-state index contributed by atoms with van der Waals surface area (Å²) >= 11 is 0. The van der Waals surface area contributed by atoms with Crippen molar-refractivity contribution in [2.45, 2.75) is 19.9 Å². The SMILES string of the molecule is CC(C)N1C(=O)CN(C(=O)COc2ccccc2F)c2ccccc21. The summed E-state index contributed by atoms with van der Waals surface area (Å²) in [6, 6.07) is 13.1. The van der Waals surface area contributed by atoms with E-state index < -0.39 is 11.7 Å². The molecule has 6 heteroatoms. The Kier molecular flexibility index (Phi) is 4.70. The predicted octanol–water partition coefficient (Wildman–Crippen LogP) is 2.99. The number of hydrogen-bond donors (Lipinski definition) is 0. The Morgan fingerprint density at radius 1 is 1.12 bits per heavy atom. The highest BCUT2D eigenvalue weighted by atomic mass is 19.1. The van der Waals surface area contributed by atoms with Crippen LogP contribution in [0.3, 0.4) is 0 Å². The summed E-state index contributed by atoms with van der Waals surface area (Å²) in [5.41, 5.74) is 1.34. The first kappa shape index (κ1) is 17.0. The van der Waals surface area contributed by atoms with E-state index in [9.17, 15) is 14.0 Å². The molecule has 130 valence electrons. The number of benzene rings is 2. The van der Waals surface area contributed by atoms with Gasteiger partial charge in [0.2, 0.25) is 5.91 Å². The van der Waals surface area contributed by atoms with Gasteiger partial charge in [-0.1, -0.05) is 24.3 Å². The molecule has 3 rings (SSSR count). The second kappa shape index (κ2) is 6.93. The second-order valence-electron chi connectivity index (χ2n) is 6.05. The van der Waals surface area contributed by atoms with Crippen LogP contribution >= 0.6 is 0 Å². The van der Waals surface area contributed by atoms with E-state index in [1.54, 1.807) is 23.1 Å². The lowest BCUT2D eigenvalue weighted by molar-refractivity contribution is -0.124. The van der Waals surface area contributed by atoms with Gasteiger partial charge in [-0.2, -0.15) is 0 Å². The van der Waals surface area contributed by atoms with Gasteiger partial charge in [0.15, 0.2) is 18.2 Å². The van der Waals surface area contributed by atoms with Crippen LogP contribution in [0.5, 0.6) is 5.75 Å². The first-order valence-corrected chi connectivity index (χ1v) is 8.08. The molecule has 1 heterocycles. The molecule has 0 spiro atoms. The third-order valence-electron chi connectivity index (χ3n) is 4.00. The van der Waals surface area contributed by atoms with Crippen LogP contribution in [0.1, 0.15) is 13.8 Å². The maximum atomic E-state index is 13.6. The Bertz CT molecular complexity index is 807. The average Bonchev–Trinajstić information content (AvgIpc) is 2.59. The van der Waals surface area contributed by atoms with Gasteiger partial charge in [0.05, 0.1) is 11.4 Å². The number of para-hydroxylation sites is 3. The van der Waals surface area contributed by atoms with Crippen molar-refractivity contribution in [2.24, 2.45) is 0 Å². The minimum absolute atomic E-state index is 0.0104. The summed E-state index contributed by atoms with van der Waals surface area (Å²) < 4.78 is 18.9. The molecule has 2 amide bonds. The number of carbonyl (C=O) groups excluding carboxylic acids is 2. The van der Waals surface area contributed by atoms with Gasteiger partial charge in [0.1, 0.15) is 6.54 Å². The molecule has 0 aromatic heterocycles. The monoisotopic (exact) mass is 342 g/mol. The molecule has 0 bridgehead atoms. The van der Waals surface area contributed by atoms with E-state index in [1.807, 2.05) is 32.0 Å². The van der Waals surface area contributed by atoms with Crippen LogP contribution in [-0.4, -0.2) is 31.0 Å². The van der Waals surface area contributed by atoms with Crippen molar-refractivity contribution in [2.75, 3.05) is 23.0 Å². The minimum Gasteiger partial charge on any atom is -0.481 e. The van der Waals surface area contributed by atoms with Crippen LogP contribution in [0.4, 0.5) is 15.8 Å². The van der Waals surface area contributed by atoms with Crippen molar-refractivity contribution in [3.05, 3.63) is 54.3 Å². The van der Waals surface area contributed by atoms with Crippen molar-refractivity contribution in [3.8, 4) is 5.75 Å². The Labute approximate surface area is 145 Å². The van der Waals surface area contributed by atoms with Crippen molar-refractivity contribution >= 4 is 23.2 Å². The topological polar surface area (TPSA) is 49.9 Å². The van der Waals surface area contributed by atoms with Crippen molar-refractivity contribution in [1.82, 2.24) is 0 Å². The molecule has 0 N–H and O–H groups in total. The molecule has 2 aromatic carbocycles. The van der Waals surface area contributed by atoms with Crippen molar-refractivity contribution in [1.29, 1.82) is 0 Å². The highest BCUT2D eigenvalue weighted by molar-refractivity contribution is 6.11. The van der Waals surface area contributed by atoms with Gasteiger partial charge in [-0.05, 0) is 38.1 Å². The zero-order valence-electron chi connectivity index (χ0n) is 14.1. The Morgan fingerprint density at radius 3 is 2.44 bits per heavy atom. The largest absolute Gasteiger partial charge is 0.481 e. The van der Waals surface area contributed by atoms with Crippen LogP contribution in [0.15, 0.2) is 48.5 Å². The fourth-order valence-electron chi connectivity index (χ4n) is 2.89. The highest BCUT2D eigenvalue weighted by Crippen LogP contribution is 2.34. The third kappa shape index (κ3) is 3.33. The Hall–Kier alpha value is -2.89. The summed E-state index contributed by atoms with van der Waals surface area (Å²) in [4.78, 5) is 28.1. The summed E-state index contributed by atoms with van der Waals surface area (Å²) in [6.45, 7) is 3.44. The lowest BCUT2D eigenvalue weighted by Crippen LogP contribution is -2.51. The number of halogens is 1. The zero-order valence-corrected chi connectivity index (χ0v) is 14.1. The van der Waals surface area contributed by atoms with Crippen molar-refractivity contribution in [3.63, 3.8) is 0 Å². The molecular weight excluding hydrogens is 323 g/mol. The maximum Gasteiger partial charge on any atom is 0.265 e. The van der Waals surface area contributed by atoms with Crippen LogP contribution in [0.2, 0.25) is 0 Å². The molecular formula is C19H19FN2O3. The Balaban J connectivity index is 1.82. The quantitative estimate of drug-likeness (QED) is 0.858. The number of anilines is 2. The number of hydrogen-bond acceptors (Lipinski definition) is 3. The van der Waals surface area contributed by atoms with Crippen LogP contribution in [-0.2, 0) is 9.59 Å². The van der Waals surface area contributed by atoms with Gasteiger partial charge >= 0.3 is 0 Å². The molecule has 1 aliphatic heterocycles. The van der Waals surface area contributed by atoms with Crippen LogP contribution in [0.25, 0.3) is 0 Å². The smallest absolute Gasteiger partial charge is 0.265 e. The van der Waals surface area contributed by atoms with E-state index in [0.29, 0.717) is 11.4 Å². The van der Waals surface area contributed by atoms with E-state index in [2.05, 4.69) is 0 Å². The fourth-order valence-corrected chi connectivity index (χ4v) is 2.89. The molecule has 0 fully saturated rings. The van der Waals surface area contributed by atoms with E-state index in [-0.39, 0.29) is 30.9 Å². The first-order chi connectivity index (χ1) is 12.0. The molecule has 0 unspecified atom stereocenters. The number of ether oxygens (including phenoxy) is 1. The number of rotatable bonds is 4. The van der Waals surface area contributed by atoms with Gasteiger partial charge in [-0.15, -0.1) is 0 Å². The molecule has 1 aliphatic rings. The van der Waals surface area contributed by atoms with E-state index in [1.165, 1.54) is 17.0 Å². The maximum absolute atomic E-state index is 13.6. The molecule has 25 heavy (non-hydrogen) atoms. The van der Waals surface area contributed by atoms with Gasteiger partial charge < -0.3 is 9.64 Å². The van der Waals surface area contributed by atoms with E-state index in [0.717, 1.165) is 0 Å². The van der Waals surface area contributed by atoms with Gasteiger partial charge in [-0.3, -0.25) is 14.5 Å². The summed E-state index contributed by atoms with van der Waals surface area (Å²) in [5.74, 6) is -1.08. The molecule has 2 aromatic rings. The minimum atomic E-state index is -0.531. The molecule has 0 aliphatic carbocycles. The van der Waals surface area contributed by atoms with Gasteiger partial charge in [0.25, 0.3) is 5.91 Å². The molecule has 0 saturated heterocycles. The average molecular weight is 342 g/mol. The lowest BCUT2D eigenvalue weighted by Gasteiger charge is -2.38. The first-order valence-electron chi connectivity index (χ1n) is 8.08. The zero-order chi connectivity index (χ0) is 18.0. The standard InChI is InChI=1S/C19H19FN2O3/c1-13(2)22-16-9-5-4-8-15(16)21(11-18(22)23)19(24)12-25-17-10-6-3-7-14(17)20/h3-10,13H,11-12H2,1-2H3. The van der Waals surface area contributed by atoms with E-state index >= 15 is 0 Å². The number of nitrogens with zero attached hydrogens (tertiary/aromatic N) is 2. The van der Waals surface area contributed by atoms with Crippen LogP contribution in [0, 0.1) is 5.82 Å². The summed E-state index contributed by atoms with van der Waals surface area (Å²) in [6.07, 6.45) is 0.